The van der Waals surface area contributed by atoms with Crippen molar-refractivity contribution >= 4 is 69.1 Å². The average Bonchev–Trinajstić information content (AvgIpc) is 3.87. The molecule has 1 saturated heterocycles. The first-order chi connectivity index (χ1) is 36.8. The molecule has 7 rings (SSSR count). The third kappa shape index (κ3) is 14.7. The zero-order valence-corrected chi connectivity index (χ0v) is 48.6. The summed E-state index contributed by atoms with van der Waals surface area (Å²) in [5, 5.41) is 60.6. The third-order valence-electron chi connectivity index (χ3n) is 17.9. The predicted molar refractivity (Wildman–Crippen MR) is 274 cm³/mol. The predicted octanol–water partition coefficient (Wildman–Crippen LogP) is 0.541. The highest BCUT2D eigenvalue weighted by molar-refractivity contribution is 8.13. The molecule has 31 heteroatoms. The monoisotopic (exact) mass is 1200 g/mol. The van der Waals surface area contributed by atoms with Crippen LogP contribution >= 0.6 is 35.2 Å². The molecule has 9 N–H and O–H groups in total. The van der Waals surface area contributed by atoms with E-state index in [4.69, 9.17) is 10.5 Å². The number of carbonyl (C=O) groups excluding carboxylic acids is 3. The number of nitrogens with two attached hydrogens (primary N) is 1. The van der Waals surface area contributed by atoms with Gasteiger partial charge in [0.1, 0.15) is 36.3 Å². The van der Waals surface area contributed by atoms with Crippen LogP contribution in [-0.4, -0.2) is 137 Å². The number of anilines is 1. The van der Waals surface area contributed by atoms with Crippen molar-refractivity contribution in [2.75, 3.05) is 37.8 Å². The van der Waals surface area contributed by atoms with Gasteiger partial charge in [0.15, 0.2) is 22.8 Å². The summed E-state index contributed by atoms with van der Waals surface area (Å²) < 4.78 is 61.2. The van der Waals surface area contributed by atoms with Gasteiger partial charge in [-0.05, 0) is 97.7 Å². The molecule has 5 aliphatic rings. The van der Waals surface area contributed by atoms with Gasteiger partial charge >= 0.3 is 0 Å². The highest BCUT2D eigenvalue weighted by Crippen LogP contribution is 2.68. The molecular formula is C48H76N7O20P3S-4. The minimum Gasteiger partial charge on any atom is -0.790 e. The van der Waals surface area contributed by atoms with E-state index in [0.29, 0.717) is 36.9 Å². The lowest BCUT2D eigenvalue weighted by molar-refractivity contribution is -0.347. The van der Waals surface area contributed by atoms with E-state index < -0.39 is 96.8 Å². The van der Waals surface area contributed by atoms with Crippen molar-refractivity contribution in [2.24, 2.45) is 57.7 Å². The van der Waals surface area contributed by atoms with E-state index in [1.807, 2.05) is 6.92 Å². The summed E-state index contributed by atoms with van der Waals surface area (Å²) >= 11 is 1.11. The van der Waals surface area contributed by atoms with Gasteiger partial charge in [0.25, 0.3) is 15.6 Å². The van der Waals surface area contributed by atoms with E-state index in [2.05, 4.69) is 64.2 Å². The maximum Gasteiger partial charge on any atom is 0.274 e. The Morgan fingerprint density at radius 1 is 0.949 bits per heavy atom. The van der Waals surface area contributed by atoms with Crippen molar-refractivity contribution in [3.63, 3.8) is 0 Å². The van der Waals surface area contributed by atoms with Gasteiger partial charge in [0.05, 0.1) is 45.7 Å². The summed E-state index contributed by atoms with van der Waals surface area (Å²) in [6.07, 6.45) is -0.659. The van der Waals surface area contributed by atoms with Gasteiger partial charge in [0, 0.05) is 36.6 Å². The molecular weight excluding hydrogens is 1120 g/mol. The number of aliphatic hydroxyl groups excluding tert-OH is 5. The SMILES string of the molecule is CC(CCC[C@@H](C)[C@H]1CC[C@H]2[C@@H]3[C@H](O)C[C@@H]4C[C@H](O)CC[C@]4(C)[C@H]3CC(O)C12C)C(=O)SCCNC(=O)CCNC(=O)[C@H](O)C(C)(C)COP(=O)([O-])OP(=O)([O-])OC[C@H]1O[C@@H](n2cnc3c(N)ncnc32)[C@H](O)[C@@H]1OP(=O)([O-])[O-]. The van der Waals surface area contributed by atoms with Gasteiger partial charge < -0.3 is 84.3 Å². The van der Waals surface area contributed by atoms with Gasteiger partial charge in [-0.25, -0.2) is 19.3 Å². The van der Waals surface area contributed by atoms with E-state index in [1.165, 1.54) is 13.8 Å². The number of carbonyl (C=O) groups is 3. The summed E-state index contributed by atoms with van der Waals surface area (Å²) in [6, 6.07) is 0. The van der Waals surface area contributed by atoms with Crippen LogP contribution in [0.15, 0.2) is 12.7 Å². The Hall–Kier alpha value is -2.56. The van der Waals surface area contributed by atoms with Crippen molar-refractivity contribution in [2.45, 2.75) is 161 Å². The maximum absolute atomic E-state index is 13.0. The molecule has 3 heterocycles. The van der Waals surface area contributed by atoms with Crippen LogP contribution in [0.2, 0.25) is 0 Å². The Labute approximate surface area is 462 Å². The lowest BCUT2D eigenvalue weighted by Crippen LogP contribution is -2.62. The van der Waals surface area contributed by atoms with Crippen molar-refractivity contribution in [3.8, 4) is 0 Å². The molecule has 5 unspecified atom stereocenters. The second-order valence-corrected chi connectivity index (χ2v) is 28.6. The van der Waals surface area contributed by atoms with Gasteiger partial charge in [-0.3, -0.25) is 28.1 Å². The standard InChI is InChI=1S/C48H80N7O20P3S/c1-25(29-10-11-30-36-31(20-34(58)48(29,30)6)47(5)14-12-28(56)18-27(47)19-32(36)57)8-7-9-26(2)45(63)79-17-16-50-35(59)13-15-51-43(62)40(61)46(3,4)22-72-78(69,70)75-77(67,68)71-21-33-39(74-76(64,65)66)38(60)44(73-33)55-24-54-37-41(49)52-23-53-42(37)55/h23-34,36,38-40,44,56-58,60-61H,7-22H2,1-6H3,(H,50,59)(H,51,62)(H,67,68)(H,69,70)(H2,49,52,53)(H2,64,65,66)/p-4/t25-,26?,27+,28-,29-,30+,31+,32-,33-,34?,36+,38-,39-,40+,44-,47+,48?/m1/s1. The molecule has 79 heavy (non-hydrogen) atoms. The normalized spacial score (nSPS) is 34.6. The molecule has 5 fully saturated rings. The number of aromatic nitrogens is 4. The number of phosphoric acid groups is 3. The number of nitrogen functional groups attached to an aromatic ring is 1. The maximum atomic E-state index is 13.0. The topological polar surface area (TPSA) is 436 Å². The van der Waals surface area contributed by atoms with Crippen LogP contribution in [0.3, 0.4) is 0 Å². The van der Waals surface area contributed by atoms with Crippen LogP contribution in [-0.2, 0) is 50.7 Å². The average molecular weight is 1200 g/mol. The van der Waals surface area contributed by atoms with E-state index in [1.54, 1.807) is 0 Å². The van der Waals surface area contributed by atoms with Crippen LogP contribution in [0.4, 0.5) is 5.82 Å². The first kappa shape index (κ1) is 64.0. The number of nitrogens with one attached hydrogen (secondary N) is 2. The van der Waals surface area contributed by atoms with Gasteiger partial charge in [-0.15, -0.1) is 0 Å². The lowest BCUT2D eigenvalue weighted by atomic mass is 9.43. The first-order valence-electron chi connectivity index (χ1n) is 26.8. The summed E-state index contributed by atoms with van der Waals surface area (Å²) in [6.45, 7) is 8.75. The summed E-state index contributed by atoms with van der Waals surface area (Å²) in [5.74, 6) is 0.0193. The van der Waals surface area contributed by atoms with Crippen LogP contribution in [0.25, 0.3) is 11.2 Å². The number of rotatable bonds is 25. The van der Waals surface area contributed by atoms with Crippen molar-refractivity contribution in [1.29, 1.82) is 0 Å². The summed E-state index contributed by atoms with van der Waals surface area (Å²) in [5.41, 5.74) is 3.78. The van der Waals surface area contributed by atoms with E-state index in [0.717, 1.165) is 73.9 Å². The molecule has 0 spiro atoms. The number of nitrogens with zero attached hydrogens (tertiary/aromatic N) is 4. The van der Waals surface area contributed by atoms with Crippen molar-refractivity contribution in [1.82, 2.24) is 30.2 Å². The number of imidazole rings is 1. The molecule has 4 aliphatic carbocycles. The Bertz CT molecular complexity index is 2640. The van der Waals surface area contributed by atoms with Crippen molar-refractivity contribution < 1.29 is 95.8 Å². The number of hydrogen-bond acceptors (Lipinski definition) is 25. The number of phosphoric ester groups is 3. The minimum absolute atomic E-state index is 0.00233. The Kier molecular flexibility index (Phi) is 20.5. The van der Waals surface area contributed by atoms with Crippen LogP contribution in [0.1, 0.15) is 118 Å². The van der Waals surface area contributed by atoms with Crippen molar-refractivity contribution in [3.05, 3.63) is 12.7 Å². The quantitative estimate of drug-likeness (QED) is 0.0497. The molecule has 2 aromatic rings. The minimum atomic E-state index is -5.95. The zero-order valence-electron chi connectivity index (χ0n) is 45.1. The summed E-state index contributed by atoms with van der Waals surface area (Å²) in [4.78, 5) is 98.4. The molecule has 2 aromatic heterocycles. The van der Waals surface area contributed by atoms with Crippen LogP contribution in [0, 0.1) is 57.7 Å². The molecule has 0 radical (unpaired) electrons. The fraction of sp³-hybridized carbons (Fsp3) is 0.833. The fourth-order valence-corrected chi connectivity index (χ4v) is 17.1. The number of fused-ring (bicyclic) bond motifs is 6. The zero-order chi connectivity index (χ0) is 58.2. The van der Waals surface area contributed by atoms with Gasteiger partial charge in [-0.2, -0.15) is 0 Å². The molecule has 1 aliphatic heterocycles. The smallest absolute Gasteiger partial charge is 0.274 e. The van der Waals surface area contributed by atoms with Gasteiger partial charge in [-0.1, -0.05) is 66.1 Å². The Morgan fingerprint density at radius 2 is 1.66 bits per heavy atom. The highest BCUT2D eigenvalue weighted by atomic mass is 32.2. The van der Waals surface area contributed by atoms with E-state index >= 15 is 0 Å². The number of aliphatic hydroxyl groups is 5. The third-order valence-corrected chi connectivity index (χ3v) is 22.0. The Morgan fingerprint density at radius 3 is 2.37 bits per heavy atom. The molecule has 448 valence electrons. The second-order valence-electron chi connectivity index (χ2n) is 23.5. The Balaban J connectivity index is 0.770. The molecule has 0 aromatic carbocycles. The second kappa shape index (κ2) is 25.3. The van der Waals surface area contributed by atoms with E-state index in [9.17, 15) is 73.2 Å². The number of hydrogen-bond donors (Lipinski definition) is 8. The highest BCUT2D eigenvalue weighted by Gasteiger charge is 2.65. The number of amides is 2. The van der Waals surface area contributed by atoms with E-state index in [-0.39, 0.29) is 88.1 Å². The van der Waals surface area contributed by atoms with Crippen LogP contribution in [0.5, 0.6) is 0 Å². The van der Waals surface area contributed by atoms with Gasteiger partial charge in [0.2, 0.25) is 11.8 Å². The lowest BCUT2D eigenvalue weighted by Gasteiger charge is -2.63. The first-order valence-corrected chi connectivity index (χ1v) is 32.2. The fourth-order valence-electron chi connectivity index (χ4n) is 13.6. The molecule has 0 bridgehead atoms. The molecule has 27 nitrogen and oxygen atoms in total. The van der Waals surface area contributed by atoms with Crippen LogP contribution < -0.4 is 35.9 Å². The molecule has 2 amide bonds. The largest absolute Gasteiger partial charge is 0.790 e. The number of ether oxygens (including phenoxy) is 1. The number of thioether (sulfide) groups is 1. The molecule has 4 saturated carbocycles. The summed E-state index contributed by atoms with van der Waals surface area (Å²) in [7, 11) is -17.7. The molecule has 19 atom stereocenters.